The first kappa shape index (κ1) is 22.5. The van der Waals surface area contributed by atoms with E-state index in [4.69, 9.17) is 16.1 Å². The van der Waals surface area contributed by atoms with Crippen molar-refractivity contribution in [1.29, 1.82) is 0 Å². The lowest BCUT2D eigenvalue weighted by atomic mass is 10.2. The van der Waals surface area contributed by atoms with Crippen molar-refractivity contribution in [2.24, 2.45) is 0 Å². The molecular formula is C21H20BrClN8O3. The van der Waals surface area contributed by atoms with E-state index in [-0.39, 0.29) is 22.2 Å². The molecule has 0 bridgehead atoms. The second-order valence-corrected chi connectivity index (χ2v) is 8.92. The van der Waals surface area contributed by atoms with Crippen LogP contribution in [0.4, 0.5) is 0 Å². The van der Waals surface area contributed by atoms with Gasteiger partial charge in [-0.15, -0.1) is 10.2 Å². The Morgan fingerprint density at radius 2 is 2.06 bits per heavy atom. The third-order valence-electron chi connectivity index (χ3n) is 5.52. The van der Waals surface area contributed by atoms with Gasteiger partial charge in [0.15, 0.2) is 15.9 Å². The number of unbranched alkanes of at least 4 members (excludes halogenated alkanes) is 2. The van der Waals surface area contributed by atoms with E-state index >= 15 is 0 Å². The maximum Gasteiger partial charge on any atom is 0.286 e. The van der Waals surface area contributed by atoms with Gasteiger partial charge in [-0.2, -0.15) is 4.98 Å². The van der Waals surface area contributed by atoms with Crippen molar-refractivity contribution in [3.63, 3.8) is 0 Å². The molecule has 11 nitrogen and oxygen atoms in total. The van der Waals surface area contributed by atoms with Crippen LogP contribution in [0.15, 0.2) is 32.3 Å². The summed E-state index contributed by atoms with van der Waals surface area (Å²) in [6.07, 6.45) is 3.74. The molecule has 0 saturated carbocycles. The first-order valence-corrected chi connectivity index (χ1v) is 12.0. The number of benzene rings is 1. The van der Waals surface area contributed by atoms with E-state index in [9.17, 15) is 9.90 Å². The van der Waals surface area contributed by atoms with Crippen LogP contribution in [0.2, 0.25) is 5.02 Å². The summed E-state index contributed by atoms with van der Waals surface area (Å²) in [6.45, 7) is 2.80. The van der Waals surface area contributed by atoms with Crippen LogP contribution in [0.1, 0.15) is 37.9 Å². The van der Waals surface area contributed by atoms with Crippen molar-refractivity contribution >= 4 is 44.5 Å². The number of phenolic OH excluding ortho intramolecular Hbond substituents is 1. The molecule has 4 heterocycles. The minimum Gasteiger partial charge on any atom is -0.506 e. The predicted octanol–water partition coefficient (Wildman–Crippen LogP) is 3.91. The predicted molar refractivity (Wildman–Crippen MR) is 128 cm³/mol. The number of aryl methyl sites for hydroxylation is 3. The van der Waals surface area contributed by atoms with Crippen molar-refractivity contribution in [3.8, 4) is 17.1 Å². The summed E-state index contributed by atoms with van der Waals surface area (Å²) in [5.41, 5.74) is 1.12. The average molecular weight is 548 g/mol. The molecule has 0 unspecified atom stereocenters. The number of fused-ring (bicyclic) bond motifs is 2. The van der Waals surface area contributed by atoms with Crippen LogP contribution >= 0.6 is 27.5 Å². The number of hydrogen-bond acceptors (Lipinski definition) is 8. The van der Waals surface area contributed by atoms with Crippen molar-refractivity contribution < 1.29 is 9.63 Å². The maximum atomic E-state index is 13.2. The van der Waals surface area contributed by atoms with Crippen molar-refractivity contribution in [1.82, 2.24) is 39.3 Å². The molecule has 1 aromatic carbocycles. The van der Waals surface area contributed by atoms with Crippen LogP contribution in [0, 0.1) is 0 Å². The van der Waals surface area contributed by atoms with Crippen LogP contribution in [0.25, 0.3) is 28.3 Å². The molecule has 0 aliphatic rings. The fraction of sp³-hybridized carbons (Fsp3) is 0.333. The molecule has 0 aliphatic carbocycles. The van der Waals surface area contributed by atoms with Gasteiger partial charge in [0, 0.05) is 24.9 Å². The number of H-pyrrole nitrogens is 1. The lowest BCUT2D eigenvalue weighted by Crippen LogP contribution is -2.21. The van der Waals surface area contributed by atoms with Crippen molar-refractivity contribution in [2.45, 2.75) is 45.6 Å². The summed E-state index contributed by atoms with van der Waals surface area (Å²) in [5.74, 6) is 1.48. The van der Waals surface area contributed by atoms with Crippen LogP contribution < -0.4 is 5.56 Å². The molecule has 176 valence electrons. The number of rotatable bonds is 8. The fourth-order valence-corrected chi connectivity index (χ4v) is 4.42. The van der Waals surface area contributed by atoms with Gasteiger partial charge in [0.25, 0.3) is 5.56 Å². The highest BCUT2D eigenvalue weighted by Crippen LogP contribution is 2.32. The average Bonchev–Trinajstić information content (AvgIpc) is 3.55. The van der Waals surface area contributed by atoms with Gasteiger partial charge in [-0.1, -0.05) is 42.6 Å². The van der Waals surface area contributed by atoms with Gasteiger partial charge in [0.1, 0.15) is 11.6 Å². The fourth-order valence-electron chi connectivity index (χ4n) is 3.84. The zero-order chi connectivity index (χ0) is 23.8. The van der Waals surface area contributed by atoms with Gasteiger partial charge in [0.05, 0.1) is 5.02 Å². The van der Waals surface area contributed by atoms with Crippen LogP contribution in [-0.4, -0.2) is 44.4 Å². The van der Waals surface area contributed by atoms with E-state index in [2.05, 4.69) is 53.2 Å². The Balaban J connectivity index is 1.47. The lowest BCUT2D eigenvalue weighted by molar-refractivity contribution is 0.378. The number of nitrogens with one attached hydrogen (secondary N) is 1. The largest absolute Gasteiger partial charge is 0.506 e. The third kappa shape index (κ3) is 3.96. The number of aromatic amines is 1. The molecule has 5 rings (SSSR count). The number of aromatic hydroxyl groups is 1. The molecule has 0 atom stereocenters. The summed E-state index contributed by atoms with van der Waals surface area (Å²) < 4.78 is 9.25. The Kier molecular flexibility index (Phi) is 6.09. The number of nitrogens with zero attached hydrogens (tertiary/aromatic N) is 7. The summed E-state index contributed by atoms with van der Waals surface area (Å²) in [5, 5.41) is 22.5. The first-order valence-electron chi connectivity index (χ1n) is 10.8. The van der Waals surface area contributed by atoms with Crippen LogP contribution in [0.5, 0.6) is 5.75 Å². The summed E-state index contributed by atoms with van der Waals surface area (Å²) in [4.78, 5) is 25.0. The Labute approximate surface area is 205 Å². The normalized spacial score (nSPS) is 11.7. The van der Waals surface area contributed by atoms with E-state index in [1.54, 1.807) is 12.1 Å². The maximum absolute atomic E-state index is 13.2. The Bertz CT molecular complexity index is 1550. The zero-order valence-corrected chi connectivity index (χ0v) is 20.5. The summed E-state index contributed by atoms with van der Waals surface area (Å²) in [6, 6.07) is 4.82. The molecular weight excluding hydrogens is 528 g/mol. The standard InChI is InChI=1S/C21H20BrClN8O3/c1-2-3-4-10-30-18-16(25-20(22)26-18)19(33)31-13(27-28-21(30)31)8-9-14-24-17(29-34-14)11-6-5-7-12(32)15(11)23/h5-7,32H,2-4,8-10H2,1H3,(H,25,26). The zero-order valence-electron chi connectivity index (χ0n) is 18.1. The lowest BCUT2D eigenvalue weighted by Gasteiger charge is -2.09. The molecule has 0 radical (unpaired) electrons. The number of halogens is 2. The topological polar surface area (TPSA) is 140 Å². The second-order valence-electron chi connectivity index (χ2n) is 7.79. The first-order chi connectivity index (χ1) is 16.5. The third-order valence-corrected chi connectivity index (χ3v) is 6.29. The van der Waals surface area contributed by atoms with Crippen LogP contribution in [-0.2, 0) is 19.4 Å². The molecule has 0 amide bonds. The van der Waals surface area contributed by atoms with Crippen LogP contribution in [0.3, 0.4) is 0 Å². The van der Waals surface area contributed by atoms with E-state index in [0.29, 0.717) is 58.3 Å². The molecule has 4 aromatic heterocycles. The smallest absolute Gasteiger partial charge is 0.286 e. The van der Waals surface area contributed by atoms with E-state index < -0.39 is 0 Å². The van der Waals surface area contributed by atoms with Crippen molar-refractivity contribution in [2.75, 3.05) is 0 Å². The highest BCUT2D eigenvalue weighted by molar-refractivity contribution is 9.10. The van der Waals surface area contributed by atoms with E-state index in [1.165, 1.54) is 10.5 Å². The molecule has 0 spiro atoms. The second kappa shape index (κ2) is 9.18. The number of phenols is 1. The molecule has 2 N–H and O–H groups in total. The van der Waals surface area contributed by atoms with E-state index in [1.807, 2.05) is 4.57 Å². The summed E-state index contributed by atoms with van der Waals surface area (Å²) in [7, 11) is 0. The van der Waals surface area contributed by atoms with Gasteiger partial charge in [0.2, 0.25) is 17.5 Å². The minimum absolute atomic E-state index is 0.0626. The van der Waals surface area contributed by atoms with Gasteiger partial charge >= 0.3 is 0 Å². The molecule has 34 heavy (non-hydrogen) atoms. The summed E-state index contributed by atoms with van der Waals surface area (Å²) >= 11 is 9.48. The Morgan fingerprint density at radius 3 is 2.88 bits per heavy atom. The van der Waals surface area contributed by atoms with Gasteiger partial charge < -0.3 is 14.6 Å². The van der Waals surface area contributed by atoms with Gasteiger partial charge in [-0.25, -0.2) is 9.38 Å². The monoisotopic (exact) mass is 546 g/mol. The Morgan fingerprint density at radius 1 is 1.21 bits per heavy atom. The molecule has 0 saturated heterocycles. The molecule has 5 aromatic rings. The highest BCUT2D eigenvalue weighted by Gasteiger charge is 2.20. The van der Waals surface area contributed by atoms with Gasteiger partial charge in [-0.3, -0.25) is 9.36 Å². The minimum atomic E-state index is -0.271. The van der Waals surface area contributed by atoms with E-state index in [0.717, 1.165) is 19.3 Å². The highest BCUT2D eigenvalue weighted by atomic mass is 79.9. The molecule has 0 fully saturated rings. The Hall–Kier alpha value is -3.25. The molecule has 13 heteroatoms. The SMILES string of the molecule is CCCCCn1c2nc(Br)[nH]c2c(=O)n2c(CCc3nc(-c4cccc(O)c4Cl)no3)nnc12. The molecule has 0 aliphatic heterocycles. The number of imidazole rings is 1. The van der Waals surface area contributed by atoms with Crippen molar-refractivity contribution in [3.05, 3.63) is 50.0 Å². The quantitative estimate of drug-likeness (QED) is 0.220. The van der Waals surface area contributed by atoms with Gasteiger partial charge in [-0.05, 0) is 34.5 Å². The number of hydrogen-bond donors (Lipinski definition) is 2. The number of aromatic nitrogens is 8.